The van der Waals surface area contributed by atoms with E-state index in [2.05, 4.69) is 13.8 Å². The summed E-state index contributed by atoms with van der Waals surface area (Å²) in [6, 6.07) is 0. The molecule has 2 atom stereocenters. The molecule has 2 heteroatoms. The molecule has 0 saturated carbocycles. The molecule has 2 unspecified atom stereocenters. The molecule has 84 valence electrons. The summed E-state index contributed by atoms with van der Waals surface area (Å²) in [5.41, 5.74) is 0. The molecule has 0 aliphatic rings. The van der Waals surface area contributed by atoms with Crippen molar-refractivity contribution in [3.05, 3.63) is 0 Å². The summed E-state index contributed by atoms with van der Waals surface area (Å²) >= 11 is 0. The van der Waals surface area contributed by atoms with Gasteiger partial charge in [-0.25, -0.2) is 0 Å². The topological polar surface area (TPSA) is 26.3 Å². The molecule has 0 aromatic carbocycles. The predicted molar refractivity (Wildman–Crippen MR) is 59.2 cm³/mol. The van der Waals surface area contributed by atoms with E-state index in [1.807, 2.05) is 13.8 Å². The van der Waals surface area contributed by atoms with Crippen LogP contribution in [0.5, 0.6) is 0 Å². The number of unbranched alkanes of at least 4 members (excludes halogenated alkanes) is 1. The van der Waals surface area contributed by atoms with E-state index in [4.69, 9.17) is 4.74 Å². The average Bonchev–Trinajstić information content (AvgIpc) is 2.18. The molecule has 0 aliphatic carbocycles. The summed E-state index contributed by atoms with van der Waals surface area (Å²) in [5.74, 6) is 0.110. The van der Waals surface area contributed by atoms with Crippen LogP contribution in [0.4, 0.5) is 0 Å². The minimum atomic E-state index is -0.00435. The second-order valence-corrected chi connectivity index (χ2v) is 3.90. The quantitative estimate of drug-likeness (QED) is 0.587. The minimum absolute atomic E-state index is 0.00435. The Kier molecular flexibility index (Phi) is 7.54. The Morgan fingerprint density at radius 1 is 1.21 bits per heavy atom. The number of rotatable bonds is 7. The highest BCUT2D eigenvalue weighted by Gasteiger charge is 2.18. The van der Waals surface area contributed by atoms with Gasteiger partial charge in [0.15, 0.2) is 0 Å². The molecule has 0 aromatic rings. The number of ether oxygens (including phenoxy) is 1. The molecule has 0 N–H and O–H groups in total. The van der Waals surface area contributed by atoms with Crippen LogP contribution in [-0.2, 0) is 9.53 Å². The lowest BCUT2D eigenvalue weighted by Gasteiger charge is -2.17. The Balaban J connectivity index is 3.90. The van der Waals surface area contributed by atoms with Crippen molar-refractivity contribution in [2.24, 2.45) is 5.92 Å². The van der Waals surface area contributed by atoms with Crippen LogP contribution in [0.25, 0.3) is 0 Å². The molecule has 14 heavy (non-hydrogen) atoms. The summed E-state index contributed by atoms with van der Waals surface area (Å²) in [7, 11) is 0. The Hall–Kier alpha value is -0.530. The van der Waals surface area contributed by atoms with Crippen LogP contribution in [0.3, 0.4) is 0 Å². The third kappa shape index (κ3) is 5.25. The number of carbonyl (C=O) groups is 1. The molecule has 0 fully saturated rings. The van der Waals surface area contributed by atoms with E-state index in [0.717, 1.165) is 32.1 Å². The van der Waals surface area contributed by atoms with E-state index in [-0.39, 0.29) is 18.0 Å². The van der Waals surface area contributed by atoms with E-state index >= 15 is 0 Å². The molecule has 0 aromatic heterocycles. The second kappa shape index (κ2) is 7.84. The van der Waals surface area contributed by atoms with Crippen LogP contribution in [0.15, 0.2) is 0 Å². The monoisotopic (exact) mass is 200 g/mol. The Bertz CT molecular complexity index is 154. The van der Waals surface area contributed by atoms with E-state index in [9.17, 15) is 4.79 Å². The SMILES string of the molecule is CCCCC(CC)C(=O)OC(C)CC. The Labute approximate surface area is 88.0 Å². The van der Waals surface area contributed by atoms with Gasteiger partial charge < -0.3 is 4.74 Å². The summed E-state index contributed by atoms with van der Waals surface area (Å²) in [5, 5.41) is 0. The summed E-state index contributed by atoms with van der Waals surface area (Å²) < 4.78 is 5.31. The van der Waals surface area contributed by atoms with Gasteiger partial charge in [0.1, 0.15) is 0 Å². The summed E-state index contributed by atoms with van der Waals surface area (Å²) in [6.45, 7) is 8.18. The zero-order valence-corrected chi connectivity index (χ0v) is 10.0. The lowest BCUT2D eigenvalue weighted by Crippen LogP contribution is -2.21. The van der Waals surface area contributed by atoms with Crippen LogP contribution in [0.1, 0.15) is 59.8 Å². The van der Waals surface area contributed by atoms with E-state index < -0.39 is 0 Å². The highest BCUT2D eigenvalue weighted by molar-refractivity contribution is 5.72. The van der Waals surface area contributed by atoms with Crippen molar-refractivity contribution in [3.63, 3.8) is 0 Å². The first-order valence-electron chi connectivity index (χ1n) is 5.86. The predicted octanol–water partition coefficient (Wildman–Crippen LogP) is 3.54. The first kappa shape index (κ1) is 13.5. The van der Waals surface area contributed by atoms with Gasteiger partial charge in [0.25, 0.3) is 0 Å². The van der Waals surface area contributed by atoms with Crippen molar-refractivity contribution in [2.75, 3.05) is 0 Å². The fourth-order valence-corrected chi connectivity index (χ4v) is 1.32. The summed E-state index contributed by atoms with van der Waals surface area (Å²) in [6.07, 6.45) is 5.10. The van der Waals surface area contributed by atoms with Crippen molar-refractivity contribution in [1.29, 1.82) is 0 Å². The van der Waals surface area contributed by atoms with Crippen molar-refractivity contribution in [2.45, 2.75) is 65.9 Å². The van der Waals surface area contributed by atoms with Crippen molar-refractivity contribution in [3.8, 4) is 0 Å². The van der Waals surface area contributed by atoms with Gasteiger partial charge >= 0.3 is 5.97 Å². The van der Waals surface area contributed by atoms with E-state index in [1.54, 1.807) is 0 Å². The number of carbonyl (C=O) groups excluding carboxylic acids is 1. The molecule has 0 radical (unpaired) electrons. The van der Waals surface area contributed by atoms with Gasteiger partial charge in [0.05, 0.1) is 12.0 Å². The average molecular weight is 200 g/mol. The number of hydrogen-bond donors (Lipinski definition) is 0. The third-order valence-corrected chi connectivity index (χ3v) is 2.62. The lowest BCUT2D eigenvalue weighted by atomic mass is 10.00. The van der Waals surface area contributed by atoms with Gasteiger partial charge in [-0.05, 0) is 26.2 Å². The second-order valence-electron chi connectivity index (χ2n) is 3.90. The molecular formula is C12H24O2. The zero-order chi connectivity index (χ0) is 11.0. The van der Waals surface area contributed by atoms with Crippen LogP contribution in [0, 0.1) is 5.92 Å². The van der Waals surface area contributed by atoms with Crippen LogP contribution < -0.4 is 0 Å². The molecule has 0 spiro atoms. The first-order valence-corrected chi connectivity index (χ1v) is 5.86. The third-order valence-electron chi connectivity index (χ3n) is 2.62. The standard InChI is InChI=1S/C12H24O2/c1-5-8-9-11(7-3)12(13)14-10(4)6-2/h10-11H,5-9H2,1-4H3. The van der Waals surface area contributed by atoms with Gasteiger partial charge in [0, 0.05) is 0 Å². The maximum absolute atomic E-state index is 11.6. The van der Waals surface area contributed by atoms with Gasteiger partial charge in [-0.2, -0.15) is 0 Å². The molecule has 2 nitrogen and oxygen atoms in total. The van der Waals surface area contributed by atoms with Crippen LogP contribution in [0.2, 0.25) is 0 Å². The van der Waals surface area contributed by atoms with Crippen molar-refractivity contribution in [1.82, 2.24) is 0 Å². The molecule has 0 amide bonds. The van der Waals surface area contributed by atoms with Gasteiger partial charge in [-0.15, -0.1) is 0 Å². The van der Waals surface area contributed by atoms with Gasteiger partial charge in [-0.3, -0.25) is 4.79 Å². The lowest BCUT2D eigenvalue weighted by molar-refractivity contribution is -0.153. The normalized spacial score (nSPS) is 14.9. The maximum atomic E-state index is 11.6. The fraction of sp³-hybridized carbons (Fsp3) is 0.917. The molecular weight excluding hydrogens is 176 g/mol. The van der Waals surface area contributed by atoms with Crippen molar-refractivity contribution >= 4 is 5.97 Å². The summed E-state index contributed by atoms with van der Waals surface area (Å²) in [4.78, 5) is 11.6. The smallest absolute Gasteiger partial charge is 0.309 e. The zero-order valence-electron chi connectivity index (χ0n) is 10.0. The molecule has 0 saturated heterocycles. The Morgan fingerprint density at radius 2 is 1.86 bits per heavy atom. The number of esters is 1. The molecule has 0 rings (SSSR count). The van der Waals surface area contributed by atoms with Gasteiger partial charge in [0.2, 0.25) is 0 Å². The first-order chi connectivity index (χ1) is 6.65. The molecule has 0 heterocycles. The molecule has 0 bridgehead atoms. The Morgan fingerprint density at radius 3 is 2.29 bits per heavy atom. The largest absolute Gasteiger partial charge is 0.462 e. The maximum Gasteiger partial charge on any atom is 0.309 e. The van der Waals surface area contributed by atoms with Crippen LogP contribution >= 0.6 is 0 Å². The van der Waals surface area contributed by atoms with Gasteiger partial charge in [-0.1, -0.05) is 33.6 Å². The fourth-order valence-electron chi connectivity index (χ4n) is 1.32. The number of hydrogen-bond acceptors (Lipinski definition) is 2. The molecule has 0 aliphatic heterocycles. The van der Waals surface area contributed by atoms with E-state index in [1.165, 1.54) is 0 Å². The van der Waals surface area contributed by atoms with E-state index in [0.29, 0.717) is 0 Å². The van der Waals surface area contributed by atoms with Crippen molar-refractivity contribution < 1.29 is 9.53 Å². The highest BCUT2D eigenvalue weighted by Crippen LogP contribution is 2.15. The minimum Gasteiger partial charge on any atom is -0.462 e. The van der Waals surface area contributed by atoms with Crippen LogP contribution in [-0.4, -0.2) is 12.1 Å². The highest BCUT2D eigenvalue weighted by atomic mass is 16.5.